The van der Waals surface area contributed by atoms with Gasteiger partial charge in [0, 0.05) is 0 Å². The van der Waals surface area contributed by atoms with Crippen LogP contribution in [0.1, 0.15) is 64.7 Å². The van der Waals surface area contributed by atoms with Crippen molar-refractivity contribution in [2.24, 2.45) is 5.92 Å². The Morgan fingerprint density at radius 3 is 2.62 bits per heavy atom. The largest absolute Gasteiger partial charge is 0.0894 e. The molecule has 0 aromatic rings. The van der Waals surface area contributed by atoms with Crippen molar-refractivity contribution in [3.63, 3.8) is 0 Å². The van der Waals surface area contributed by atoms with Crippen molar-refractivity contribution in [2.45, 2.75) is 64.7 Å². The van der Waals surface area contributed by atoms with Crippen LogP contribution in [0.2, 0.25) is 0 Å². The standard InChI is InChI=1S/C12H22S/c1-2-3-4-5-6-8-11-9-7-10-12(11)13/h11H,2-10H2,1H3/t11-/m0/s1. The third-order valence-electron chi connectivity index (χ3n) is 3.09. The molecule has 0 radical (unpaired) electrons. The van der Waals surface area contributed by atoms with Gasteiger partial charge in [-0.05, 0) is 36.5 Å². The minimum Gasteiger partial charge on any atom is -0.0894 e. The van der Waals surface area contributed by atoms with Crippen molar-refractivity contribution in [1.29, 1.82) is 0 Å². The fraction of sp³-hybridized carbons (Fsp3) is 0.917. The Kier molecular flexibility index (Phi) is 5.61. The van der Waals surface area contributed by atoms with Gasteiger partial charge in [-0.2, -0.15) is 0 Å². The lowest BCUT2D eigenvalue weighted by Crippen LogP contribution is -2.03. The molecule has 1 saturated carbocycles. The normalized spacial score (nSPS) is 22.5. The molecule has 0 aromatic heterocycles. The van der Waals surface area contributed by atoms with E-state index in [1.54, 1.807) is 0 Å². The maximum atomic E-state index is 5.34. The van der Waals surface area contributed by atoms with Crippen molar-refractivity contribution < 1.29 is 0 Å². The number of hydrogen-bond donors (Lipinski definition) is 0. The number of thiocarbonyl (C=S) groups is 1. The first-order chi connectivity index (χ1) is 6.34. The average Bonchev–Trinajstić information content (AvgIpc) is 2.52. The molecular weight excluding hydrogens is 176 g/mol. The van der Waals surface area contributed by atoms with Crippen LogP contribution in [-0.2, 0) is 0 Å². The molecular formula is C12H22S. The number of rotatable bonds is 6. The molecule has 0 unspecified atom stereocenters. The molecule has 0 heterocycles. The van der Waals surface area contributed by atoms with Crippen molar-refractivity contribution in [1.82, 2.24) is 0 Å². The van der Waals surface area contributed by atoms with Crippen molar-refractivity contribution >= 4 is 17.1 Å². The molecule has 76 valence electrons. The van der Waals surface area contributed by atoms with E-state index in [1.165, 1.54) is 62.7 Å². The lowest BCUT2D eigenvalue weighted by molar-refractivity contribution is 0.539. The molecule has 0 amide bonds. The molecule has 0 bridgehead atoms. The Bertz CT molecular complexity index is 151. The van der Waals surface area contributed by atoms with Gasteiger partial charge in [0.05, 0.1) is 0 Å². The second kappa shape index (κ2) is 6.53. The highest BCUT2D eigenvalue weighted by Gasteiger charge is 2.19. The third kappa shape index (κ3) is 4.21. The van der Waals surface area contributed by atoms with Crippen molar-refractivity contribution in [3.05, 3.63) is 0 Å². The van der Waals surface area contributed by atoms with Crippen LogP contribution in [0.4, 0.5) is 0 Å². The lowest BCUT2D eigenvalue weighted by Gasteiger charge is -2.08. The molecule has 0 N–H and O–H groups in total. The van der Waals surface area contributed by atoms with Crippen LogP contribution >= 0.6 is 12.2 Å². The zero-order valence-corrected chi connectivity index (χ0v) is 9.67. The fourth-order valence-corrected chi connectivity index (χ4v) is 2.57. The maximum Gasteiger partial charge on any atom is -0.00406 e. The third-order valence-corrected chi connectivity index (χ3v) is 3.62. The lowest BCUT2D eigenvalue weighted by atomic mass is 9.99. The predicted octanol–water partition coefficient (Wildman–Crippen LogP) is 4.52. The molecule has 1 rings (SSSR count). The van der Waals surface area contributed by atoms with Crippen LogP contribution in [0.5, 0.6) is 0 Å². The van der Waals surface area contributed by atoms with Gasteiger partial charge in [-0.25, -0.2) is 0 Å². The summed E-state index contributed by atoms with van der Waals surface area (Å²) in [7, 11) is 0. The molecule has 0 aromatic carbocycles. The first-order valence-corrected chi connectivity index (χ1v) is 6.28. The maximum absolute atomic E-state index is 5.34. The molecule has 0 saturated heterocycles. The smallest absolute Gasteiger partial charge is 0.00406 e. The van der Waals surface area contributed by atoms with Gasteiger partial charge in [-0.1, -0.05) is 51.2 Å². The first kappa shape index (κ1) is 11.2. The van der Waals surface area contributed by atoms with Gasteiger partial charge < -0.3 is 0 Å². The van der Waals surface area contributed by atoms with Gasteiger partial charge in [-0.3, -0.25) is 0 Å². The van der Waals surface area contributed by atoms with E-state index in [-0.39, 0.29) is 0 Å². The molecule has 0 spiro atoms. The molecule has 0 aliphatic heterocycles. The molecule has 0 nitrogen and oxygen atoms in total. The summed E-state index contributed by atoms with van der Waals surface area (Å²) in [6, 6.07) is 0. The quantitative estimate of drug-likeness (QED) is 0.447. The first-order valence-electron chi connectivity index (χ1n) is 5.87. The van der Waals surface area contributed by atoms with Gasteiger partial charge >= 0.3 is 0 Å². The van der Waals surface area contributed by atoms with Crippen LogP contribution in [-0.4, -0.2) is 4.86 Å². The van der Waals surface area contributed by atoms with Crippen LogP contribution < -0.4 is 0 Å². The Morgan fingerprint density at radius 1 is 1.23 bits per heavy atom. The van der Waals surface area contributed by atoms with E-state index in [2.05, 4.69) is 6.92 Å². The second-order valence-electron chi connectivity index (χ2n) is 4.26. The summed E-state index contributed by atoms with van der Waals surface area (Å²) in [5, 5.41) is 0. The summed E-state index contributed by atoms with van der Waals surface area (Å²) in [5.74, 6) is 0.816. The van der Waals surface area contributed by atoms with Crippen molar-refractivity contribution in [3.8, 4) is 0 Å². The second-order valence-corrected chi connectivity index (χ2v) is 4.78. The monoisotopic (exact) mass is 198 g/mol. The molecule has 1 atom stereocenters. The molecule has 13 heavy (non-hydrogen) atoms. The molecule has 1 aliphatic rings. The molecule has 1 aliphatic carbocycles. The van der Waals surface area contributed by atoms with E-state index in [4.69, 9.17) is 12.2 Å². The predicted molar refractivity (Wildman–Crippen MR) is 63.3 cm³/mol. The van der Waals surface area contributed by atoms with E-state index in [0.717, 1.165) is 5.92 Å². The highest BCUT2D eigenvalue weighted by Crippen LogP contribution is 2.27. The van der Waals surface area contributed by atoms with E-state index >= 15 is 0 Å². The van der Waals surface area contributed by atoms with Crippen molar-refractivity contribution in [2.75, 3.05) is 0 Å². The number of unbranched alkanes of at least 4 members (excludes halogenated alkanes) is 4. The van der Waals surface area contributed by atoms with Crippen LogP contribution in [0, 0.1) is 5.92 Å². The summed E-state index contributed by atoms with van der Waals surface area (Å²) in [5.41, 5.74) is 0. The molecule has 1 fully saturated rings. The fourth-order valence-electron chi connectivity index (χ4n) is 2.19. The summed E-state index contributed by atoms with van der Waals surface area (Å²) in [6.07, 6.45) is 12.4. The van der Waals surface area contributed by atoms with Crippen LogP contribution in [0.15, 0.2) is 0 Å². The summed E-state index contributed by atoms with van der Waals surface area (Å²) in [6.45, 7) is 2.27. The summed E-state index contributed by atoms with van der Waals surface area (Å²) in [4.78, 5) is 1.37. The van der Waals surface area contributed by atoms with E-state index < -0.39 is 0 Å². The van der Waals surface area contributed by atoms with E-state index in [9.17, 15) is 0 Å². The Labute approximate surface area is 88.1 Å². The summed E-state index contributed by atoms with van der Waals surface area (Å²) < 4.78 is 0. The minimum atomic E-state index is 0.816. The van der Waals surface area contributed by atoms with Gasteiger partial charge in [0.1, 0.15) is 0 Å². The van der Waals surface area contributed by atoms with Crippen LogP contribution in [0.3, 0.4) is 0 Å². The highest BCUT2D eigenvalue weighted by molar-refractivity contribution is 7.80. The topological polar surface area (TPSA) is 0 Å². The Hall–Kier alpha value is 0.0900. The van der Waals surface area contributed by atoms with Gasteiger partial charge in [-0.15, -0.1) is 0 Å². The molecule has 1 heteroatoms. The van der Waals surface area contributed by atoms with Gasteiger partial charge in [0.2, 0.25) is 0 Å². The zero-order valence-electron chi connectivity index (χ0n) is 8.85. The average molecular weight is 198 g/mol. The van der Waals surface area contributed by atoms with E-state index in [0.29, 0.717) is 0 Å². The van der Waals surface area contributed by atoms with Gasteiger partial charge in [0.25, 0.3) is 0 Å². The van der Waals surface area contributed by atoms with Crippen LogP contribution in [0.25, 0.3) is 0 Å². The van der Waals surface area contributed by atoms with E-state index in [1.807, 2.05) is 0 Å². The Balaban J connectivity index is 1.96. The zero-order chi connectivity index (χ0) is 9.52. The Morgan fingerprint density at radius 2 is 2.00 bits per heavy atom. The minimum absolute atomic E-state index is 0.816. The SMILES string of the molecule is CCCCCCC[C@H]1CCCC1=S. The van der Waals surface area contributed by atoms with Gasteiger partial charge in [0.15, 0.2) is 0 Å². The number of hydrogen-bond acceptors (Lipinski definition) is 1. The summed E-state index contributed by atoms with van der Waals surface area (Å²) >= 11 is 5.34. The highest BCUT2D eigenvalue weighted by atomic mass is 32.1.